The number of phenols is 1. The molecule has 24 heavy (non-hydrogen) atoms. The number of ether oxygens (including phenoxy) is 1. The normalized spacial score (nSPS) is 19.0. The summed E-state index contributed by atoms with van der Waals surface area (Å²) in [5.41, 5.74) is -1.17. The monoisotopic (exact) mass is 336 g/mol. The molecule has 0 spiro atoms. The van der Waals surface area contributed by atoms with E-state index in [0.717, 1.165) is 6.07 Å². The average molecular weight is 336 g/mol. The smallest absolute Gasteiger partial charge is 0.487 e. The topological polar surface area (TPSA) is 65.0 Å². The zero-order valence-corrected chi connectivity index (χ0v) is 14.6. The van der Waals surface area contributed by atoms with Crippen LogP contribution in [-0.2, 0) is 14.0 Å². The highest BCUT2D eigenvalue weighted by atomic mass is 19.1. The van der Waals surface area contributed by atoms with Crippen molar-refractivity contribution >= 4 is 19.2 Å². The van der Waals surface area contributed by atoms with Crippen LogP contribution < -0.4 is 0 Å². The minimum Gasteiger partial charge on any atom is -0.506 e. The molecular formula is C17H22BFO5. The number of hydrogen-bond donors (Lipinski definition) is 1. The Kier molecular flexibility index (Phi) is 5.06. The van der Waals surface area contributed by atoms with Gasteiger partial charge in [-0.3, -0.25) is 0 Å². The van der Waals surface area contributed by atoms with Gasteiger partial charge in [0.15, 0.2) is 0 Å². The lowest BCUT2D eigenvalue weighted by molar-refractivity contribution is 0.00578. The molecule has 0 aromatic heterocycles. The molecule has 1 N–H and O–H groups in total. The number of carbonyl (C=O) groups is 1. The van der Waals surface area contributed by atoms with Gasteiger partial charge in [-0.1, -0.05) is 12.1 Å². The lowest BCUT2D eigenvalue weighted by Gasteiger charge is -2.32. The van der Waals surface area contributed by atoms with Gasteiger partial charge in [0, 0.05) is 5.56 Å². The van der Waals surface area contributed by atoms with Crippen molar-refractivity contribution in [2.45, 2.75) is 45.8 Å². The first-order chi connectivity index (χ1) is 11.1. The number of halogens is 1. The molecule has 0 atom stereocenters. The largest absolute Gasteiger partial charge is 0.506 e. The minimum atomic E-state index is -0.904. The predicted octanol–water partition coefficient (Wildman–Crippen LogP) is 3.35. The molecule has 1 heterocycles. The second-order valence-electron chi connectivity index (χ2n) is 6.56. The fourth-order valence-corrected chi connectivity index (χ4v) is 2.26. The molecule has 1 aliphatic heterocycles. The first kappa shape index (κ1) is 18.5. The van der Waals surface area contributed by atoms with Crippen LogP contribution in [0.2, 0.25) is 0 Å². The van der Waals surface area contributed by atoms with Crippen LogP contribution in [0, 0.1) is 5.82 Å². The molecule has 1 saturated heterocycles. The van der Waals surface area contributed by atoms with Crippen LogP contribution in [0.5, 0.6) is 5.75 Å². The van der Waals surface area contributed by atoms with E-state index in [2.05, 4.69) is 0 Å². The molecule has 5 nitrogen and oxygen atoms in total. The molecule has 0 amide bonds. The molecule has 0 saturated carbocycles. The minimum absolute atomic E-state index is 0.0890. The van der Waals surface area contributed by atoms with Gasteiger partial charge < -0.3 is 19.2 Å². The van der Waals surface area contributed by atoms with E-state index in [1.165, 1.54) is 12.1 Å². The van der Waals surface area contributed by atoms with Crippen molar-refractivity contribution in [2.24, 2.45) is 0 Å². The summed E-state index contributed by atoms with van der Waals surface area (Å²) < 4.78 is 30.2. The van der Waals surface area contributed by atoms with Crippen LogP contribution >= 0.6 is 0 Å². The summed E-state index contributed by atoms with van der Waals surface area (Å²) >= 11 is 0. The van der Waals surface area contributed by atoms with Gasteiger partial charge in [0.25, 0.3) is 0 Å². The lowest BCUT2D eigenvalue weighted by Crippen LogP contribution is -2.41. The van der Waals surface area contributed by atoms with E-state index in [1.807, 2.05) is 27.7 Å². The summed E-state index contributed by atoms with van der Waals surface area (Å²) in [7, 11) is -0.606. The molecular weight excluding hydrogens is 314 g/mol. The second kappa shape index (κ2) is 6.57. The number of benzene rings is 1. The summed E-state index contributed by atoms with van der Waals surface area (Å²) in [6.07, 6.45) is 1.53. The highest BCUT2D eigenvalue weighted by Crippen LogP contribution is 2.37. The highest BCUT2D eigenvalue weighted by molar-refractivity contribution is 6.52. The van der Waals surface area contributed by atoms with Gasteiger partial charge in [-0.15, -0.1) is 0 Å². The Morgan fingerprint density at radius 2 is 1.88 bits per heavy atom. The molecule has 0 unspecified atom stereocenters. The zero-order chi connectivity index (χ0) is 18.1. The molecule has 0 radical (unpaired) electrons. The van der Waals surface area contributed by atoms with E-state index in [4.69, 9.17) is 14.0 Å². The highest BCUT2D eigenvalue weighted by Gasteiger charge is 2.50. The molecule has 0 aliphatic carbocycles. The quantitative estimate of drug-likeness (QED) is 0.675. The summed E-state index contributed by atoms with van der Waals surface area (Å²) in [6, 6.07) is 2.48. The molecule has 0 bridgehead atoms. The summed E-state index contributed by atoms with van der Waals surface area (Å²) in [5, 5.41) is 10.2. The Balaban J connectivity index is 2.25. The molecule has 1 aromatic carbocycles. The first-order valence-corrected chi connectivity index (χ1v) is 7.81. The number of esters is 1. The molecule has 1 aliphatic rings. The molecule has 7 heteroatoms. The van der Waals surface area contributed by atoms with Gasteiger partial charge in [-0.05, 0) is 46.8 Å². The van der Waals surface area contributed by atoms with Crippen molar-refractivity contribution in [3.05, 3.63) is 35.1 Å². The van der Waals surface area contributed by atoms with E-state index in [9.17, 15) is 14.3 Å². The summed E-state index contributed by atoms with van der Waals surface area (Å²) in [5.74, 6) is -0.600. The molecule has 1 aromatic rings. The maximum atomic E-state index is 13.8. The molecule has 130 valence electrons. The number of rotatable bonds is 4. The number of carbonyl (C=O) groups excluding carboxylic acids is 1. The maximum absolute atomic E-state index is 13.8. The fraction of sp³-hybridized carbons (Fsp3) is 0.471. The van der Waals surface area contributed by atoms with E-state index in [0.29, 0.717) is 0 Å². The Bertz CT molecular complexity index is 653. The lowest BCUT2D eigenvalue weighted by atomic mass is 9.89. The standard InChI is InChI=1S/C17H22BFO5/c1-6-22-15(21)13-12(19)8-7-11(14(13)20)9-10-18-23-16(2,3)17(4,5)24-18/h7-10,20H,6H2,1-5H3/b10-9-. The van der Waals surface area contributed by atoms with Crippen LogP contribution in [-0.4, -0.2) is 36.0 Å². The predicted molar refractivity (Wildman–Crippen MR) is 89.1 cm³/mol. The second-order valence-corrected chi connectivity index (χ2v) is 6.56. The van der Waals surface area contributed by atoms with Gasteiger partial charge >= 0.3 is 13.1 Å². The van der Waals surface area contributed by atoms with Crippen molar-refractivity contribution in [1.29, 1.82) is 0 Å². The fourth-order valence-electron chi connectivity index (χ4n) is 2.26. The number of hydrogen-bond acceptors (Lipinski definition) is 5. The van der Waals surface area contributed by atoms with Crippen molar-refractivity contribution in [2.75, 3.05) is 6.61 Å². The van der Waals surface area contributed by atoms with Gasteiger partial charge in [0.05, 0.1) is 17.8 Å². The Morgan fingerprint density at radius 3 is 2.42 bits per heavy atom. The van der Waals surface area contributed by atoms with Gasteiger partial charge in [0.1, 0.15) is 17.1 Å². The van der Waals surface area contributed by atoms with E-state index >= 15 is 0 Å². The van der Waals surface area contributed by atoms with E-state index in [1.54, 1.807) is 12.9 Å². The van der Waals surface area contributed by atoms with Crippen molar-refractivity contribution in [1.82, 2.24) is 0 Å². The third-order valence-corrected chi connectivity index (χ3v) is 4.34. The Labute approximate surface area is 141 Å². The average Bonchev–Trinajstić information content (AvgIpc) is 2.66. The van der Waals surface area contributed by atoms with Crippen LogP contribution in [0.15, 0.2) is 18.1 Å². The van der Waals surface area contributed by atoms with Crippen molar-refractivity contribution in [3.8, 4) is 5.75 Å². The van der Waals surface area contributed by atoms with Crippen LogP contribution in [0.4, 0.5) is 4.39 Å². The van der Waals surface area contributed by atoms with Crippen molar-refractivity contribution < 1.29 is 28.3 Å². The number of aromatic hydroxyl groups is 1. The maximum Gasteiger partial charge on any atom is 0.487 e. The summed E-state index contributed by atoms with van der Waals surface area (Å²) in [4.78, 5) is 11.8. The SMILES string of the molecule is CCOC(=O)c1c(F)ccc(/C=C\B2OC(C)(C)C(C)(C)O2)c1O. The first-order valence-electron chi connectivity index (χ1n) is 7.81. The summed E-state index contributed by atoms with van der Waals surface area (Å²) in [6.45, 7) is 9.40. The molecule has 2 rings (SSSR count). The third kappa shape index (κ3) is 3.47. The molecule has 1 fully saturated rings. The number of phenolic OH excluding ortho intramolecular Hbond substituents is 1. The van der Waals surface area contributed by atoms with Crippen LogP contribution in [0.25, 0.3) is 6.08 Å². The zero-order valence-electron chi connectivity index (χ0n) is 14.6. The van der Waals surface area contributed by atoms with Gasteiger partial charge in [-0.2, -0.15) is 0 Å². The van der Waals surface area contributed by atoms with Crippen molar-refractivity contribution in [3.63, 3.8) is 0 Å². The van der Waals surface area contributed by atoms with E-state index < -0.39 is 41.4 Å². The van der Waals surface area contributed by atoms with Crippen LogP contribution in [0.3, 0.4) is 0 Å². The van der Waals surface area contributed by atoms with Crippen LogP contribution in [0.1, 0.15) is 50.5 Å². The Hall–Kier alpha value is -1.86. The Morgan fingerprint density at radius 1 is 1.29 bits per heavy atom. The van der Waals surface area contributed by atoms with Gasteiger partial charge in [-0.25, -0.2) is 9.18 Å². The van der Waals surface area contributed by atoms with Gasteiger partial charge in [0.2, 0.25) is 0 Å². The third-order valence-electron chi connectivity index (χ3n) is 4.34. The van der Waals surface area contributed by atoms with E-state index in [-0.39, 0.29) is 12.2 Å².